The van der Waals surface area contributed by atoms with Crippen molar-refractivity contribution in [1.29, 1.82) is 0 Å². The fraction of sp³-hybridized carbons (Fsp3) is 0.600. The zero-order chi connectivity index (χ0) is 12.8. The monoisotopic (exact) mass is 249 g/mol. The second-order valence-electron chi connectivity index (χ2n) is 5.04. The molecule has 0 bridgehead atoms. The van der Waals surface area contributed by atoms with Crippen LogP contribution in [0.15, 0.2) is 24.3 Å². The lowest BCUT2D eigenvalue weighted by Gasteiger charge is -2.21. The Labute approximate surface area is 109 Å². The number of aliphatic hydroxyl groups excluding tert-OH is 1. The normalized spacial score (nSPS) is 24.6. The zero-order valence-electron chi connectivity index (χ0n) is 11.1. The summed E-state index contributed by atoms with van der Waals surface area (Å²) in [5.74, 6) is 0.883. The minimum Gasteiger partial charge on any atom is -0.497 e. The molecule has 0 saturated heterocycles. The molecule has 0 amide bonds. The Morgan fingerprint density at radius 2 is 1.89 bits per heavy atom. The van der Waals surface area contributed by atoms with Gasteiger partial charge in [-0.3, -0.25) is 0 Å². The summed E-state index contributed by atoms with van der Waals surface area (Å²) in [6, 6.07) is 8.32. The Morgan fingerprint density at radius 3 is 2.61 bits per heavy atom. The molecule has 1 aromatic carbocycles. The molecule has 18 heavy (non-hydrogen) atoms. The van der Waals surface area contributed by atoms with Crippen molar-refractivity contribution < 1.29 is 9.84 Å². The minimum atomic E-state index is -0.189. The third kappa shape index (κ3) is 3.72. The van der Waals surface area contributed by atoms with E-state index in [4.69, 9.17) is 4.74 Å². The molecule has 1 aliphatic carbocycles. The van der Waals surface area contributed by atoms with Crippen LogP contribution >= 0.6 is 0 Å². The highest BCUT2D eigenvalue weighted by molar-refractivity contribution is 5.27. The van der Waals surface area contributed by atoms with E-state index in [1.54, 1.807) is 7.11 Å². The zero-order valence-corrected chi connectivity index (χ0v) is 11.1. The standard InChI is InChI=1S/C15H23NO2/c1-18-13-9-7-12(8-10-13)11-16-14-5-3-2-4-6-15(14)17/h7-10,14-17H,2-6,11H2,1H3. The largest absolute Gasteiger partial charge is 0.497 e. The summed E-state index contributed by atoms with van der Waals surface area (Å²) in [6.07, 6.45) is 5.44. The molecule has 100 valence electrons. The molecule has 2 rings (SSSR count). The van der Waals surface area contributed by atoms with E-state index < -0.39 is 0 Å². The quantitative estimate of drug-likeness (QED) is 0.806. The van der Waals surface area contributed by atoms with Crippen LogP contribution in [0.1, 0.15) is 37.7 Å². The first-order valence-electron chi connectivity index (χ1n) is 6.84. The van der Waals surface area contributed by atoms with E-state index in [1.807, 2.05) is 12.1 Å². The van der Waals surface area contributed by atoms with Crippen LogP contribution in [-0.2, 0) is 6.54 Å². The smallest absolute Gasteiger partial charge is 0.118 e. The number of ether oxygens (including phenoxy) is 1. The topological polar surface area (TPSA) is 41.5 Å². The van der Waals surface area contributed by atoms with Gasteiger partial charge in [-0.2, -0.15) is 0 Å². The number of methoxy groups -OCH3 is 1. The molecule has 3 heteroatoms. The van der Waals surface area contributed by atoms with Gasteiger partial charge in [-0.15, -0.1) is 0 Å². The van der Waals surface area contributed by atoms with Crippen LogP contribution in [0, 0.1) is 0 Å². The van der Waals surface area contributed by atoms with Gasteiger partial charge in [0.2, 0.25) is 0 Å². The van der Waals surface area contributed by atoms with Gasteiger partial charge in [0, 0.05) is 12.6 Å². The summed E-state index contributed by atoms with van der Waals surface area (Å²) in [4.78, 5) is 0. The second kappa shape index (κ2) is 6.76. The van der Waals surface area contributed by atoms with Crippen LogP contribution in [0.2, 0.25) is 0 Å². The van der Waals surface area contributed by atoms with Crippen LogP contribution < -0.4 is 10.1 Å². The van der Waals surface area contributed by atoms with Crippen LogP contribution in [0.25, 0.3) is 0 Å². The van der Waals surface area contributed by atoms with Crippen LogP contribution in [0.3, 0.4) is 0 Å². The van der Waals surface area contributed by atoms with Crippen molar-refractivity contribution in [3.63, 3.8) is 0 Å². The van der Waals surface area contributed by atoms with Gasteiger partial charge in [0.25, 0.3) is 0 Å². The van der Waals surface area contributed by atoms with Gasteiger partial charge in [0.05, 0.1) is 13.2 Å². The van der Waals surface area contributed by atoms with Crippen molar-refractivity contribution in [3.05, 3.63) is 29.8 Å². The van der Waals surface area contributed by atoms with Gasteiger partial charge in [-0.05, 0) is 30.5 Å². The third-order valence-electron chi connectivity index (χ3n) is 3.71. The average molecular weight is 249 g/mol. The number of nitrogens with one attached hydrogen (secondary N) is 1. The van der Waals surface area contributed by atoms with Gasteiger partial charge in [-0.25, -0.2) is 0 Å². The molecule has 2 atom stereocenters. The maximum Gasteiger partial charge on any atom is 0.118 e. The fourth-order valence-corrected chi connectivity index (χ4v) is 2.52. The molecule has 0 spiro atoms. The molecule has 3 nitrogen and oxygen atoms in total. The van der Waals surface area contributed by atoms with Crippen LogP contribution in [0.5, 0.6) is 5.75 Å². The summed E-state index contributed by atoms with van der Waals surface area (Å²) >= 11 is 0. The van der Waals surface area contributed by atoms with E-state index in [9.17, 15) is 5.11 Å². The first-order valence-corrected chi connectivity index (χ1v) is 6.84. The number of aliphatic hydroxyl groups is 1. The van der Waals surface area contributed by atoms with Gasteiger partial charge in [0.1, 0.15) is 5.75 Å². The molecule has 2 unspecified atom stereocenters. The van der Waals surface area contributed by atoms with E-state index in [-0.39, 0.29) is 12.1 Å². The van der Waals surface area contributed by atoms with Gasteiger partial charge >= 0.3 is 0 Å². The van der Waals surface area contributed by atoms with Crippen molar-refractivity contribution in [1.82, 2.24) is 5.32 Å². The van der Waals surface area contributed by atoms with Crippen molar-refractivity contribution in [2.24, 2.45) is 0 Å². The maximum atomic E-state index is 10.0. The minimum absolute atomic E-state index is 0.189. The molecule has 1 aromatic rings. The average Bonchev–Trinajstić information content (AvgIpc) is 2.62. The molecule has 0 aromatic heterocycles. The van der Waals surface area contributed by atoms with E-state index in [2.05, 4.69) is 17.4 Å². The SMILES string of the molecule is COc1ccc(CNC2CCCCCC2O)cc1. The van der Waals surface area contributed by atoms with Gasteiger partial charge in [0.15, 0.2) is 0 Å². The predicted molar refractivity (Wildman–Crippen MR) is 72.7 cm³/mol. The number of rotatable bonds is 4. The summed E-state index contributed by atoms with van der Waals surface area (Å²) in [6.45, 7) is 0.811. The van der Waals surface area contributed by atoms with Gasteiger partial charge in [-0.1, -0.05) is 31.4 Å². The van der Waals surface area contributed by atoms with Crippen molar-refractivity contribution in [2.45, 2.75) is 50.8 Å². The second-order valence-corrected chi connectivity index (χ2v) is 5.04. The molecule has 0 aliphatic heterocycles. The Balaban J connectivity index is 1.85. The van der Waals surface area contributed by atoms with Crippen molar-refractivity contribution in [2.75, 3.05) is 7.11 Å². The van der Waals surface area contributed by atoms with Crippen molar-refractivity contribution >= 4 is 0 Å². The summed E-state index contributed by atoms with van der Waals surface area (Å²) in [7, 11) is 1.68. The molecule has 2 N–H and O–H groups in total. The molecule has 1 aliphatic rings. The van der Waals surface area contributed by atoms with Gasteiger partial charge < -0.3 is 15.2 Å². The number of hydrogen-bond donors (Lipinski definition) is 2. The first kappa shape index (κ1) is 13.4. The number of hydrogen-bond acceptors (Lipinski definition) is 3. The fourth-order valence-electron chi connectivity index (χ4n) is 2.52. The molecular weight excluding hydrogens is 226 g/mol. The van der Waals surface area contributed by atoms with E-state index >= 15 is 0 Å². The van der Waals surface area contributed by atoms with E-state index in [1.165, 1.54) is 18.4 Å². The van der Waals surface area contributed by atoms with Crippen molar-refractivity contribution in [3.8, 4) is 5.75 Å². The lowest BCUT2D eigenvalue weighted by atomic mass is 10.1. The molecular formula is C15H23NO2. The lowest BCUT2D eigenvalue weighted by Crippen LogP contribution is -2.38. The lowest BCUT2D eigenvalue weighted by molar-refractivity contribution is 0.119. The highest BCUT2D eigenvalue weighted by Gasteiger charge is 2.20. The molecule has 1 fully saturated rings. The van der Waals surface area contributed by atoms with E-state index in [0.29, 0.717) is 0 Å². The third-order valence-corrected chi connectivity index (χ3v) is 3.71. The van der Waals surface area contributed by atoms with Crippen LogP contribution in [-0.4, -0.2) is 24.4 Å². The summed E-state index contributed by atoms with van der Waals surface area (Å²) < 4.78 is 5.14. The first-order chi connectivity index (χ1) is 8.79. The van der Waals surface area contributed by atoms with Crippen LogP contribution in [0.4, 0.5) is 0 Å². The molecule has 1 saturated carbocycles. The highest BCUT2D eigenvalue weighted by atomic mass is 16.5. The predicted octanol–water partition coefficient (Wildman–Crippen LogP) is 2.48. The Morgan fingerprint density at radius 1 is 1.17 bits per heavy atom. The Kier molecular flexibility index (Phi) is 5.02. The highest BCUT2D eigenvalue weighted by Crippen LogP contribution is 2.18. The maximum absolute atomic E-state index is 10.0. The Hall–Kier alpha value is -1.06. The summed E-state index contributed by atoms with van der Waals surface area (Å²) in [5.41, 5.74) is 1.23. The summed E-state index contributed by atoms with van der Waals surface area (Å²) in [5, 5.41) is 13.5. The molecule has 0 radical (unpaired) electrons. The molecule has 0 heterocycles. The Bertz CT molecular complexity index is 350. The number of benzene rings is 1. The van der Waals surface area contributed by atoms with E-state index in [0.717, 1.165) is 31.6 Å².